The topological polar surface area (TPSA) is 132 Å². The van der Waals surface area contributed by atoms with Gasteiger partial charge in [0.15, 0.2) is 11.5 Å². The maximum atomic E-state index is 15.4. The molecule has 0 saturated carbocycles. The number of fused-ring (bicyclic) bond motifs is 8. The molecule has 1 amide bonds. The molecule has 3 fully saturated rings. The number of nitrogens with one attached hydrogen (secondary N) is 1. The van der Waals surface area contributed by atoms with Crippen LogP contribution in [0.1, 0.15) is 25.1 Å². The lowest BCUT2D eigenvalue weighted by Crippen LogP contribution is -2.48. The minimum Gasteiger partial charge on any atom is -0.378 e. The van der Waals surface area contributed by atoms with Gasteiger partial charge >= 0.3 is 0 Å². The van der Waals surface area contributed by atoms with E-state index in [1.54, 1.807) is 25.3 Å². The van der Waals surface area contributed by atoms with Crippen LogP contribution in [0, 0.1) is 24.4 Å². The summed E-state index contributed by atoms with van der Waals surface area (Å²) < 4.78 is 59.8. The molecule has 0 radical (unpaired) electrons. The van der Waals surface area contributed by atoms with Crippen LogP contribution in [-0.2, 0) is 20.8 Å². The summed E-state index contributed by atoms with van der Waals surface area (Å²) in [5.41, 5.74) is 2.76. The molecule has 4 aromatic heterocycles. The van der Waals surface area contributed by atoms with Gasteiger partial charge in [-0.3, -0.25) is 4.79 Å². The Morgan fingerprint density at radius 2 is 1.75 bits per heavy atom. The number of benzene rings is 2. The predicted molar refractivity (Wildman–Crippen MR) is 206 cm³/mol. The quantitative estimate of drug-likeness (QED) is 0.263. The number of likely N-dealkylation sites (N-methyl/N-ethyl adjacent to an activating group) is 1. The smallest absolute Gasteiger partial charge is 0.245 e. The summed E-state index contributed by atoms with van der Waals surface area (Å²) in [7, 11) is 3.37. The third-order valence-corrected chi connectivity index (χ3v) is 11.8. The van der Waals surface area contributed by atoms with E-state index in [-0.39, 0.29) is 36.3 Å². The summed E-state index contributed by atoms with van der Waals surface area (Å²) in [5, 5.41) is 8.63. The second kappa shape index (κ2) is 13.7. The minimum atomic E-state index is -0.791. The Kier molecular flexibility index (Phi) is 8.55. The van der Waals surface area contributed by atoms with Crippen molar-refractivity contribution >= 4 is 45.6 Å². The zero-order chi connectivity index (χ0) is 39.1. The van der Waals surface area contributed by atoms with Crippen molar-refractivity contribution in [1.29, 1.82) is 0 Å². The average molecular weight is 780 g/mol. The molecule has 2 aromatic carbocycles. The first-order chi connectivity index (χ1) is 27.6. The lowest BCUT2D eigenvalue weighted by atomic mass is 10.1. The van der Waals surface area contributed by atoms with E-state index in [1.165, 1.54) is 28.9 Å². The van der Waals surface area contributed by atoms with E-state index in [1.807, 2.05) is 34.6 Å². The number of hydrogen-bond donors (Lipinski definition) is 1. The number of ether oxygens (including phenoxy) is 2. The molecular weight excluding hydrogens is 740 g/mol. The fourth-order valence-corrected chi connectivity index (χ4v) is 9.11. The lowest BCUT2D eigenvalue weighted by Gasteiger charge is -2.35. The van der Waals surface area contributed by atoms with Crippen LogP contribution < -0.4 is 15.1 Å². The molecule has 8 heterocycles. The fourth-order valence-electron chi connectivity index (χ4n) is 9.11. The molecule has 0 spiro atoms. The molecule has 6 bridgehead atoms. The fraction of sp³-hybridized carbons (Fsp3) is 0.400. The van der Waals surface area contributed by atoms with Crippen LogP contribution in [0.4, 0.5) is 30.8 Å². The maximum Gasteiger partial charge on any atom is 0.245 e. The van der Waals surface area contributed by atoms with E-state index in [9.17, 15) is 9.18 Å². The van der Waals surface area contributed by atoms with Crippen LogP contribution >= 0.6 is 0 Å². The van der Waals surface area contributed by atoms with E-state index in [0.29, 0.717) is 83.9 Å². The lowest BCUT2D eigenvalue weighted by molar-refractivity contribution is -0.132. The molecule has 17 heteroatoms. The number of aryl methyl sites for hydroxylation is 1. The van der Waals surface area contributed by atoms with Crippen molar-refractivity contribution in [2.75, 3.05) is 55.6 Å². The first kappa shape index (κ1) is 35.6. The molecule has 14 nitrogen and oxygen atoms in total. The molecule has 294 valence electrons. The summed E-state index contributed by atoms with van der Waals surface area (Å²) in [6.45, 7) is 3.86. The highest BCUT2D eigenvalue weighted by Crippen LogP contribution is 2.39. The van der Waals surface area contributed by atoms with E-state index in [0.717, 1.165) is 24.4 Å². The monoisotopic (exact) mass is 779 g/mol. The molecule has 6 aromatic rings. The maximum absolute atomic E-state index is 15.4. The van der Waals surface area contributed by atoms with E-state index >= 15 is 8.78 Å². The number of anilines is 3. The third-order valence-electron chi connectivity index (χ3n) is 11.8. The van der Waals surface area contributed by atoms with E-state index in [2.05, 4.69) is 20.3 Å². The molecule has 3 saturated heterocycles. The summed E-state index contributed by atoms with van der Waals surface area (Å²) in [6.07, 6.45) is 3.33. The second-order valence-corrected chi connectivity index (χ2v) is 15.4. The Morgan fingerprint density at radius 1 is 0.930 bits per heavy atom. The number of rotatable bonds is 4. The number of methoxy groups -OCH3 is 1. The van der Waals surface area contributed by atoms with Gasteiger partial charge in [-0.05, 0) is 56.5 Å². The van der Waals surface area contributed by atoms with Crippen molar-refractivity contribution in [3.63, 3.8) is 0 Å². The first-order valence-corrected chi connectivity index (χ1v) is 19.2. The van der Waals surface area contributed by atoms with Gasteiger partial charge in [0.2, 0.25) is 11.9 Å². The van der Waals surface area contributed by atoms with Gasteiger partial charge in [-0.25, -0.2) is 27.8 Å². The van der Waals surface area contributed by atoms with Crippen molar-refractivity contribution in [3.05, 3.63) is 78.0 Å². The molecule has 10 rings (SSSR count). The highest BCUT2D eigenvalue weighted by Gasteiger charge is 2.43. The molecule has 1 N–H and O–H groups in total. The zero-order valence-electron chi connectivity index (χ0n) is 31.6. The van der Waals surface area contributed by atoms with Crippen molar-refractivity contribution in [1.82, 2.24) is 39.2 Å². The number of halogens is 3. The number of morpholine rings is 1. The molecular formula is C40H40F3N11O3. The Hall–Kier alpha value is -5.81. The van der Waals surface area contributed by atoms with Gasteiger partial charge in [0.25, 0.3) is 0 Å². The predicted octanol–water partition coefficient (Wildman–Crippen LogP) is 4.87. The van der Waals surface area contributed by atoms with E-state index in [4.69, 9.17) is 24.4 Å². The SMILES string of the molecule is CO[C@H]1CN(C)C(=O)[C@@H]2C[C@@H](CN2c2nc(N3C4CCC3COC4)nc3c2cnn3-c2ccc(F)cc2F)Nc2cccc(n2)-c2cc(F)cc3nc(C)n(c23)C1. The summed E-state index contributed by atoms with van der Waals surface area (Å²) in [5.74, 6) is 0.0628. The van der Waals surface area contributed by atoms with Crippen molar-refractivity contribution in [2.45, 2.75) is 63.0 Å². The van der Waals surface area contributed by atoms with Crippen molar-refractivity contribution in [3.8, 4) is 16.9 Å². The number of pyridine rings is 1. The van der Waals surface area contributed by atoms with Crippen molar-refractivity contribution < 1.29 is 27.4 Å². The highest BCUT2D eigenvalue weighted by molar-refractivity contribution is 5.94. The number of hydrogen-bond acceptors (Lipinski definition) is 11. The van der Waals surface area contributed by atoms with Crippen LogP contribution in [0.3, 0.4) is 0 Å². The Bertz CT molecular complexity index is 2550. The molecule has 2 unspecified atom stereocenters. The summed E-state index contributed by atoms with van der Waals surface area (Å²) in [6, 6.07) is 10.9. The first-order valence-electron chi connectivity index (χ1n) is 19.2. The Balaban J connectivity index is 1.11. The zero-order valence-corrected chi connectivity index (χ0v) is 31.6. The molecule has 4 aliphatic rings. The summed E-state index contributed by atoms with van der Waals surface area (Å²) in [4.78, 5) is 40.5. The normalized spacial score (nSPS) is 23.6. The van der Waals surface area contributed by atoms with Crippen LogP contribution in [-0.4, -0.2) is 116 Å². The second-order valence-electron chi connectivity index (χ2n) is 15.4. The summed E-state index contributed by atoms with van der Waals surface area (Å²) >= 11 is 0. The van der Waals surface area contributed by atoms with Crippen LogP contribution in [0.2, 0.25) is 0 Å². The van der Waals surface area contributed by atoms with Gasteiger partial charge in [0, 0.05) is 51.0 Å². The molecule has 57 heavy (non-hydrogen) atoms. The van der Waals surface area contributed by atoms with Gasteiger partial charge in [-0.1, -0.05) is 6.07 Å². The number of amides is 1. The highest BCUT2D eigenvalue weighted by atomic mass is 19.1. The molecule has 0 aliphatic carbocycles. The Morgan fingerprint density at radius 3 is 2.54 bits per heavy atom. The van der Waals surface area contributed by atoms with Gasteiger partial charge in [0.05, 0.1) is 66.3 Å². The van der Waals surface area contributed by atoms with E-state index < -0.39 is 29.6 Å². The van der Waals surface area contributed by atoms with Crippen LogP contribution in [0.5, 0.6) is 0 Å². The average Bonchev–Trinajstić information content (AvgIpc) is 3.95. The molecule has 5 atom stereocenters. The van der Waals surface area contributed by atoms with Gasteiger partial charge in [0.1, 0.15) is 40.8 Å². The van der Waals surface area contributed by atoms with Crippen LogP contribution in [0.15, 0.2) is 54.7 Å². The number of carbonyl (C=O) groups is 1. The number of aromatic nitrogens is 7. The van der Waals surface area contributed by atoms with Gasteiger partial charge < -0.3 is 34.1 Å². The van der Waals surface area contributed by atoms with Crippen molar-refractivity contribution in [2.24, 2.45) is 0 Å². The molecule has 4 aliphatic heterocycles. The van der Waals surface area contributed by atoms with Gasteiger partial charge in [-0.2, -0.15) is 15.1 Å². The minimum absolute atomic E-state index is 0.0325. The van der Waals surface area contributed by atoms with Crippen LogP contribution in [0.25, 0.3) is 39.0 Å². The van der Waals surface area contributed by atoms with Gasteiger partial charge in [-0.15, -0.1) is 0 Å². The standard InChI is InChI=1S/C40H40F3N11O3/c1-21-45-32-13-23(42)11-28-31-5-4-6-35(47-31)46-24-14-34(39(55)50(2)17-27(56-3)18-51(21)36(28)32)52(16-24)37-29-15-44-54(33-10-7-22(41)12-30(33)43)38(29)49-40(48-37)53-25-8-9-26(53)20-57-19-25/h4-7,10-13,15,24-27,34H,8-9,14,16-20H2,1-3H3,(H,46,47)/t24-,25?,26?,27-,34-/m0/s1. The largest absolute Gasteiger partial charge is 0.378 e. The number of carbonyl (C=O) groups excluding carboxylic acids is 1. The number of nitrogens with zero attached hydrogens (tertiary/aromatic N) is 10. The number of imidazole rings is 1. The third kappa shape index (κ3) is 6.02. The Labute approximate surface area is 325 Å².